The van der Waals surface area contributed by atoms with Gasteiger partial charge in [-0.15, -0.1) is 0 Å². The van der Waals surface area contributed by atoms with Crippen LogP contribution in [-0.4, -0.2) is 50.8 Å². The zero-order chi connectivity index (χ0) is 13.2. The van der Waals surface area contributed by atoms with E-state index in [2.05, 4.69) is 24.1 Å². The van der Waals surface area contributed by atoms with Crippen LogP contribution in [0.1, 0.15) is 26.7 Å². The Morgan fingerprint density at radius 2 is 2.22 bits per heavy atom. The SMILES string of the molecule is CCCNC1CCN(C2C=CS(=O)(=O)C2)CC1C. The van der Waals surface area contributed by atoms with Gasteiger partial charge >= 0.3 is 0 Å². The van der Waals surface area contributed by atoms with E-state index in [1.165, 1.54) is 5.41 Å². The van der Waals surface area contributed by atoms with Crippen molar-refractivity contribution < 1.29 is 8.42 Å². The topological polar surface area (TPSA) is 49.4 Å². The third-order valence-electron chi connectivity index (χ3n) is 3.97. The number of rotatable bonds is 4. The lowest BCUT2D eigenvalue weighted by Gasteiger charge is -2.39. The van der Waals surface area contributed by atoms with Crippen molar-refractivity contribution in [3.63, 3.8) is 0 Å². The second-order valence-electron chi connectivity index (χ2n) is 5.55. The maximum absolute atomic E-state index is 11.4. The lowest BCUT2D eigenvalue weighted by molar-refractivity contribution is 0.131. The fourth-order valence-electron chi connectivity index (χ4n) is 2.90. The molecule has 0 aromatic rings. The third-order valence-corrected chi connectivity index (χ3v) is 5.35. The molecule has 18 heavy (non-hydrogen) atoms. The van der Waals surface area contributed by atoms with Crippen LogP contribution in [0.3, 0.4) is 0 Å². The molecule has 0 saturated carbocycles. The fraction of sp³-hybridized carbons (Fsp3) is 0.846. The van der Waals surface area contributed by atoms with Crippen LogP contribution in [0.5, 0.6) is 0 Å². The molecule has 3 unspecified atom stereocenters. The average molecular weight is 272 g/mol. The highest BCUT2D eigenvalue weighted by atomic mass is 32.2. The first-order chi connectivity index (χ1) is 8.52. The summed E-state index contributed by atoms with van der Waals surface area (Å²) in [5.74, 6) is 0.856. The predicted molar refractivity (Wildman–Crippen MR) is 74.2 cm³/mol. The summed E-state index contributed by atoms with van der Waals surface area (Å²) < 4.78 is 22.9. The van der Waals surface area contributed by atoms with Crippen molar-refractivity contribution in [1.29, 1.82) is 0 Å². The Labute approximate surface area is 110 Å². The quantitative estimate of drug-likeness (QED) is 0.830. The molecule has 2 aliphatic rings. The van der Waals surface area contributed by atoms with Crippen LogP contribution in [0.25, 0.3) is 0 Å². The van der Waals surface area contributed by atoms with Crippen LogP contribution in [0, 0.1) is 5.92 Å². The number of hydrogen-bond acceptors (Lipinski definition) is 4. The molecular formula is C13H24N2O2S. The maximum Gasteiger partial charge on any atom is 0.173 e. The second kappa shape index (κ2) is 5.72. The van der Waals surface area contributed by atoms with Gasteiger partial charge in [-0.25, -0.2) is 8.42 Å². The summed E-state index contributed by atoms with van der Waals surface area (Å²) in [6.07, 6.45) is 4.13. The van der Waals surface area contributed by atoms with Crippen molar-refractivity contribution in [3.8, 4) is 0 Å². The van der Waals surface area contributed by atoms with Crippen LogP contribution in [0.2, 0.25) is 0 Å². The summed E-state index contributed by atoms with van der Waals surface area (Å²) in [6.45, 7) is 7.50. The van der Waals surface area contributed by atoms with Crippen molar-refractivity contribution in [2.24, 2.45) is 5.92 Å². The Morgan fingerprint density at radius 1 is 1.44 bits per heavy atom. The van der Waals surface area contributed by atoms with Gasteiger partial charge in [-0.1, -0.05) is 19.9 Å². The second-order valence-corrected chi connectivity index (χ2v) is 7.48. The molecule has 2 heterocycles. The number of hydrogen-bond donors (Lipinski definition) is 1. The monoisotopic (exact) mass is 272 g/mol. The van der Waals surface area contributed by atoms with Crippen LogP contribution < -0.4 is 5.32 Å². The Hall–Kier alpha value is -0.390. The highest BCUT2D eigenvalue weighted by molar-refractivity contribution is 7.94. The molecule has 2 aliphatic heterocycles. The summed E-state index contributed by atoms with van der Waals surface area (Å²) in [6, 6.07) is 0.688. The fourth-order valence-corrected chi connectivity index (χ4v) is 4.23. The van der Waals surface area contributed by atoms with Gasteiger partial charge in [0, 0.05) is 30.6 Å². The highest BCUT2D eigenvalue weighted by Crippen LogP contribution is 2.22. The van der Waals surface area contributed by atoms with Crippen LogP contribution in [0.15, 0.2) is 11.5 Å². The zero-order valence-corrected chi connectivity index (χ0v) is 12.1. The summed E-state index contributed by atoms with van der Waals surface area (Å²) in [4.78, 5) is 2.32. The van der Waals surface area contributed by atoms with Gasteiger partial charge in [0.15, 0.2) is 9.84 Å². The molecule has 0 bridgehead atoms. The summed E-state index contributed by atoms with van der Waals surface area (Å²) >= 11 is 0. The van der Waals surface area contributed by atoms with Crippen molar-refractivity contribution >= 4 is 9.84 Å². The minimum absolute atomic E-state index is 0.101. The largest absolute Gasteiger partial charge is 0.314 e. The van der Waals surface area contributed by atoms with Gasteiger partial charge in [-0.05, 0) is 25.3 Å². The minimum Gasteiger partial charge on any atom is -0.314 e. The number of nitrogens with zero attached hydrogens (tertiary/aromatic N) is 1. The predicted octanol–water partition coefficient (Wildman–Crippen LogP) is 1.01. The van der Waals surface area contributed by atoms with Gasteiger partial charge in [-0.3, -0.25) is 4.90 Å². The molecule has 0 aromatic carbocycles. The van der Waals surface area contributed by atoms with Gasteiger partial charge in [0.1, 0.15) is 0 Å². The van der Waals surface area contributed by atoms with Crippen molar-refractivity contribution in [2.75, 3.05) is 25.4 Å². The molecule has 2 rings (SSSR count). The van der Waals surface area contributed by atoms with E-state index < -0.39 is 9.84 Å². The lowest BCUT2D eigenvalue weighted by Crippen LogP contribution is -2.51. The first kappa shape index (κ1) is 14.0. The Kier molecular flexibility index (Phi) is 4.45. The van der Waals surface area contributed by atoms with E-state index in [4.69, 9.17) is 0 Å². The van der Waals surface area contributed by atoms with Crippen LogP contribution >= 0.6 is 0 Å². The Balaban J connectivity index is 1.87. The minimum atomic E-state index is -2.93. The number of nitrogens with one attached hydrogen (secondary N) is 1. The molecule has 0 amide bonds. The van der Waals surface area contributed by atoms with Crippen molar-refractivity contribution in [3.05, 3.63) is 11.5 Å². The van der Waals surface area contributed by atoms with E-state index in [0.29, 0.717) is 12.0 Å². The molecule has 1 N–H and O–H groups in total. The number of sulfone groups is 1. The van der Waals surface area contributed by atoms with Crippen LogP contribution in [0.4, 0.5) is 0 Å². The van der Waals surface area contributed by atoms with E-state index in [-0.39, 0.29) is 11.8 Å². The molecule has 104 valence electrons. The standard InChI is InChI=1S/C13H24N2O2S/c1-3-6-14-13-4-7-15(9-11(13)2)12-5-8-18(16,17)10-12/h5,8,11-14H,3-4,6-7,9-10H2,1-2H3. The van der Waals surface area contributed by atoms with E-state index in [0.717, 1.165) is 32.5 Å². The molecule has 5 heteroatoms. The van der Waals surface area contributed by atoms with E-state index in [9.17, 15) is 8.42 Å². The maximum atomic E-state index is 11.4. The molecule has 1 fully saturated rings. The van der Waals surface area contributed by atoms with Gasteiger partial charge in [0.25, 0.3) is 0 Å². The zero-order valence-electron chi connectivity index (χ0n) is 11.3. The molecule has 0 spiro atoms. The Morgan fingerprint density at radius 3 is 2.78 bits per heavy atom. The van der Waals surface area contributed by atoms with E-state index >= 15 is 0 Å². The Bertz CT molecular complexity index is 405. The molecular weight excluding hydrogens is 248 g/mol. The summed E-state index contributed by atoms with van der Waals surface area (Å²) in [5, 5.41) is 4.96. The number of piperidine rings is 1. The molecule has 0 radical (unpaired) electrons. The van der Waals surface area contributed by atoms with Gasteiger partial charge in [-0.2, -0.15) is 0 Å². The first-order valence-corrected chi connectivity index (χ1v) is 8.62. The van der Waals surface area contributed by atoms with Gasteiger partial charge < -0.3 is 5.32 Å². The van der Waals surface area contributed by atoms with Crippen molar-refractivity contribution in [2.45, 2.75) is 38.8 Å². The highest BCUT2D eigenvalue weighted by Gasteiger charge is 2.32. The summed E-state index contributed by atoms with van der Waals surface area (Å²) in [5.41, 5.74) is 0. The third kappa shape index (κ3) is 3.33. The van der Waals surface area contributed by atoms with Gasteiger partial charge in [0.2, 0.25) is 0 Å². The van der Waals surface area contributed by atoms with Gasteiger partial charge in [0.05, 0.1) is 5.75 Å². The van der Waals surface area contributed by atoms with Crippen LogP contribution in [-0.2, 0) is 9.84 Å². The van der Waals surface area contributed by atoms with E-state index in [1.807, 2.05) is 6.08 Å². The summed E-state index contributed by atoms with van der Waals surface area (Å²) in [7, 11) is -2.93. The molecule has 3 atom stereocenters. The molecule has 4 nitrogen and oxygen atoms in total. The first-order valence-electron chi connectivity index (χ1n) is 6.90. The smallest absolute Gasteiger partial charge is 0.173 e. The molecule has 0 aromatic heterocycles. The normalized spacial score (nSPS) is 36.0. The van der Waals surface area contributed by atoms with Crippen molar-refractivity contribution in [1.82, 2.24) is 10.2 Å². The number of likely N-dealkylation sites (tertiary alicyclic amines) is 1. The average Bonchev–Trinajstić information content (AvgIpc) is 2.68. The lowest BCUT2D eigenvalue weighted by atomic mass is 9.93. The molecule has 1 saturated heterocycles. The van der Waals surface area contributed by atoms with E-state index in [1.54, 1.807) is 0 Å². The molecule has 0 aliphatic carbocycles.